The van der Waals surface area contributed by atoms with E-state index in [1.54, 1.807) is 7.11 Å². The van der Waals surface area contributed by atoms with E-state index >= 15 is 0 Å². The molecular weight excluding hydrogens is 184 g/mol. The molecule has 0 saturated carbocycles. The summed E-state index contributed by atoms with van der Waals surface area (Å²) in [5.74, 6) is -0.315. The average molecular weight is 204 g/mol. The van der Waals surface area contributed by atoms with E-state index in [9.17, 15) is 4.79 Å². The maximum absolute atomic E-state index is 10.8. The van der Waals surface area contributed by atoms with Crippen LogP contribution in [0.15, 0.2) is 0 Å². The molecule has 0 aliphatic carbocycles. The van der Waals surface area contributed by atoms with Gasteiger partial charge in [-0.05, 0) is 6.42 Å². The van der Waals surface area contributed by atoms with E-state index in [1.165, 1.54) is 0 Å². The standard InChI is InChI=1S/C9H20N2O3/c1-3-8(9(10)12)11-4-5-14-7-6-13-2/h8,11H,3-7H2,1-2H3,(H2,10,12). The molecule has 0 heterocycles. The quantitative estimate of drug-likeness (QED) is 0.497. The van der Waals surface area contributed by atoms with Crippen LogP contribution in [0.1, 0.15) is 13.3 Å². The summed E-state index contributed by atoms with van der Waals surface area (Å²) < 4.78 is 10.0. The fourth-order valence-electron chi connectivity index (χ4n) is 0.996. The summed E-state index contributed by atoms with van der Waals surface area (Å²) >= 11 is 0. The number of amides is 1. The maximum atomic E-state index is 10.8. The minimum absolute atomic E-state index is 0.249. The second kappa shape index (κ2) is 8.93. The van der Waals surface area contributed by atoms with Crippen LogP contribution in [0.2, 0.25) is 0 Å². The monoisotopic (exact) mass is 204 g/mol. The van der Waals surface area contributed by atoms with Gasteiger partial charge in [-0.3, -0.25) is 4.79 Å². The Morgan fingerprint density at radius 3 is 2.64 bits per heavy atom. The molecule has 1 unspecified atom stereocenters. The summed E-state index contributed by atoms with van der Waals surface area (Å²) in [5, 5.41) is 3.01. The summed E-state index contributed by atoms with van der Waals surface area (Å²) in [4.78, 5) is 10.8. The normalized spacial score (nSPS) is 12.7. The highest BCUT2D eigenvalue weighted by molar-refractivity contribution is 5.79. The Hall–Kier alpha value is -0.650. The zero-order valence-electron chi connectivity index (χ0n) is 8.91. The first kappa shape index (κ1) is 13.4. The van der Waals surface area contributed by atoms with Crippen molar-refractivity contribution in [3.8, 4) is 0 Å². The van der Waals surface area contributed by atoms with Crippen molar-refractivity contribution in [1.82, 2.24) is 5.32 Å². The van der Waals surface area contributed by atoms with Crippen LogP contribution in [0, 0.1) is 0 Å². The number of ether oxygens (including phenoxy) is 2. The first-order valence-electron chi connectivity index (χ1n) is 4.81. The average Bonchev–Trinajstić information content (AvgIpc) is 2.16. The van der Waals surface area contributed by atoms with Crippen LogP contribution in [-0.2, 0) is 14.3 Å². The molecule has 0 radical (unpaired) electrons. The second-order valence-electron chi connectivity index (χ2n) is 2.92. The molecule has 0 spiro atoms. The Labute approximate surface area is 84.9 Å². The molecule has 1 amide bonds. The van der Waals surface area contributed by atoms with E-state index in [-0.39, 0.29) is 11.9 Å². The molecule has 1 atom stereocenters. The molecular formula is C9H20N2O3. The Morgan fingerprint density at radius 1 is 1.43 bits per heavy atom. The number of rotatable bonds is 9. The number of methoxy groups -OCH3 is 1. The molecule has 0 aliphatic heterocycles. The van der Waals surface area contributed by atoms with Gasteiger partial charge in [0, 0.05) is 13.7 Å². The molecule has 0 aromatic rings. The zero-order chi connectivity index (χ0) is 10.8. The summed E-state index contributed by atoms with van der Waals surface area (Å²) in [6.45, 7) is 4.27. The lowest BCUT2D eigenvalue weighted by Crippen LogP contribution is -2.42. The third-order valence-corrected chi connectivity index (χ3v) is 1.82. The third-order valence-electron chi connectivity index (χ3n) is 1.82. The molecule has 5 heteroatoms. The van der Waals surface area contributed by atoms with Gasteiger partial charge >= 0.3 is 0 Å². The van der Waals surface area contributed by atoms with Gasteiger partial charge in [-0.25, -0.2) is 0 Å². The number of hydrogen-bond acceptors (Lipinski definition) is 4. The van der Waals surface area contributed by atoms with Gasteiger partial charge in [0.2, 0.25) is 5.91 Å². The Morgan fingerprint density at radius 2 is 2.14 bits per heavy atom. The number of hydrogen-bond donors (Lipinski definition) is 2. The highest BCUT2D eigenvalue weighted by Crippen LogP contribution is 1.88. The van der Waals surface area contributed by atoms with Gasteiger partial charge in [-0.1, -0.05) is 6.92 Å². The maximum Gasteiger partial charge on any atom is 0.234 e. The first-order chi connectivity index (χ1) is 6.72. The number of nitrogens with two attached hydrogens (primary N) is 1. The SMILES string of the molecule is CCC(NCCOCCOC)C(N)=O. The predicted molar refractivity (Wildman–Crippen MR) is 54.0 cm³/mol. The number of primary amides is 1. The fraction of sp³-hybridized carbons (Fsp3) is 0.889. The van der Waals surface area contributed by atoms with Gasteiger partial charge in [-0.15, -0.1) is 0 Å². The van der Waals surface area contributed by atoms with Gasteiger partial charge in [0.1, 0.15) is 0 Å². The first-order valence-corrected chi connectivity index (χ1v) is 4.81. The topological polar surface area (TPSA) is 73.6 Å². The van der Waals surface area contributed by atoms with E-state index in [1.807, 2.05) is 6.92 Å². The van der Waals surface area contributed by atoms with Crippen LogP contribution in [0.25, 0.3) is 0 Å². The van der Waals surface area contributed by atoms with Gasteiger partial charge in [-0.2, -0.15) is 0 Å². The van der Waals surface area contributed by atoms with Crippen LogP contribution in [-0.4, -0.2) is 45.4 Å². The molecule has 0 aromatic heterocycles. The van der Waals surface area contributed by atoms with E-state index in [4.69, 9.17) is 15.2 Å². The van der Waals surface area contributed by atoms with Gasteiger partial charge in [0.25, 0.3) is 0 Å². The van der Waals surface area contributed by atoms with Gasteiger partial charge in [0.15, 0.2) is 0 Å². The van der Waals surface area contributed by atoms with E-state index in [2.05, 4.69) is 5.32 Å². The van der Waals surface area contributed by atoms with Crippen molar-refractivity contribution < 1.29 is 14.3 Å². The van der Waals surface area contributed by atoms with Crippen LogP contribution >= 0.6 is 0 Å². The number of carbonyl (C=O) groups is 1. The minimum atomic E-state index is -0.315. The lowest BCUT2D eigenvalue weighted by Gasteiger charge is -2.12. The van der Waals surface area contributed by atoms with Crippen LogP contribution in [0.3, 0.4) is 0 Å². The lowest BCUT2D eigenvalue weighted by atomic mass is 10.2. The van der Waals surface area contributed by atoms with E-state index < -0.39 is 0 Å². The van der Waals surface area contributed by atoms with Gasteiger partial charge in [0.05, 0.1) is 25.9 Å². The largest absolute Gasteiger partial charge is 0.382 e. The number of nitrogens with one attached hydrogen (secondary N) is 1. The smallest absolute Gasteiger partial charge is 0.234 e. The Balaban J connectivity index is 3.29. The molecule has 14 heavy (non-hydrogen) atoms. The molecule has 84 valence electrons. The summed E-state index contributed by atoms with van der Waals surface area (Å²) in [6.07, 6.45) is 0.702. The molecule has 0 fully saturated rings. The van der Waals surface area contributed by atoms with Crippen molar-refractivity contribution in [2.24, 2.45) is 5.73 Å². The van der Waals surface area contributed by atoms with Crippen molar-refractivity contribution in [1.29, 1.82) is 0 Å². The van der Waals surface area contributed by atoms with Crippen molar-refractivity contribution in [3.05, 3.63) is 0 Å². The predicted octanol–water partition coefficient (Wildman–Crippen LogP) is -0.497. The number of carbonyl (C=O) groups excluding carboxylic acids is 1. The fourth-order valence-corrected chi connectivity index (χ4v) is 0.996. The van der Waals surface area contributed by atoms with Crippen molar-refractivity contribution in [2.45, 2.75) is 19.4 Å². The van der Waals surface area contributed by atoms with Crippen molar-refractivity contribution in [3.63, 3.8) is 0 Å². The molecule has 0 aromatic carbocycles. The minimum Gasteiger partial charge on any atom is -0.382 e. The van der Waals surface area contributed by atoms with Crippen LogP contribution < -0.4 is 11.1 Å². The Kier molecular flexibility index (Phi) is 8.51. The molecule has 0 bridgehead atoms. The summed E-state index contributed by atoms with van der Waals surface area (Å²) in [7, 11) is 1.63. The molecule has 0 aliphatic rings. The van der Waals surface area contributed by atoms with Crippen LogP contribution in [0.5, 0.6) is 0 Å². The second-order valence-corrected chi connectivity index (χ2v) is 2.92. The van der Waals surface area contributed by atoms with Crippen molar-refractivity contribution >= 4 is 5.91 Å². The summed E-state index contributed by atoms with van der Waals surface area (Å²) in [6, 6.07) is -0.249. The summed E-state index contributed by atoms with van der Waals surface area (Å²) in [5.41, 5.74) is 5.15. The molecule has 3 N–H and O–H groups in total. The lowest BCUT2D eigenvalue weighted by molar-refractivity contribution is -0.120. The zero-order valence-corrected chi connectivity index (χ0v) is 8.91. The van der Waals surface area contributed by atoms with Crippen LogP contribution in [0.4, 0.5) is 0 Å². The molecule has 0 rings (SSSR count). The van der Waals surface area contributed by atoms with Gasteiger partial charge < -0.3 is 20.5 Å². The highest BCUT2D eigenvalue weighted by atomic mass is 16.5. The van der Waals surface area contributed by atoms with E-state index in [0.717, 1.165) is 0 Å². The Bertz CT molecular complexity index is 153. The van der Waals surface area contributed by atoms with E-state index in [0.29, 0.717) is 32.8 Å². The van der Waals surface area contributed by atoms with Crippen molar-refractivity contribution in [2.75, 3.05) is 33.5 Å². The highest BCUT2D eigenvalue weighted by Gasteiger charge is 2.10. The third kappa shape index (κ3) is 6.82. The molecule has 0 saturated heterocycles. The molecule has 5 nitrogen and oxygen atoms in total.